The molecule has 0 atom stereocenters. The van der Waals surface area contributed by atoms with Gasteiger partial charge >= 0.3 is 5.69 Å². The molecule has 2 aromatic carbocycles. The van der Waals surface area contributed by atoms with Crippen LogP contribution in [0.5, 0.6) is 0 Å². The molecule has 2 aromatic rings. The summed E-state index contributed by atoms with van der Waals surface area (Å²) in [4.78, 5) is 34.8. The summed E-state index contributed by atoms with van der Waals surface area (Å²) < 4.78 is 15.7. The van der Waals surface area contributed by atoms with Gasteiger partial charge in [-0.05, 0) is 74.1 Å². The first-order chi connectivity index (χ1) is 13.8. The van der Waals surface area contributed by atoms with E-state index in [0.29, 0.717) is 30.5 Å². The molecular formula is C22H21FN4O2. The number of halogens is 1. The molecule has 0 spiro atoms. The largest absolute Gasteiger partial charge is 0.349 e. The maximum absolute atomic E-state index is 13.8. The van der Waals surface area contributed by atoms with Gasteiger partial charge in [-0.25, -0.2) is 14.2 Å². The van der Waals surface area contributed by atoms with Crippen LogP contribution in [0.3, 0.4) is 0 Å². The van der Waals surface area contributed by atoms with E-state index in [2.05, 4.69) is 15.0 Å². The summed E-state index contributed by atoms with van der Waals surface area (Å²) in [6.07, 6.45) is 1.35. The number of benzene rings is 2. The van der Waals surface area contributed by atoms with Crippen LogP contribution < -0.4 is 11.2 Å². The van der Waals surface area contributed by atoms with Crippen LogP contribution >= 0.6 is 0 Å². The molecule has 0 saturated carbocycles. The molecule has 0 fully saturated rings. The first kappa shape index (κ1) is 19.0. The van der Waals surface area contributed by atoms with Crippen molar-refractivity contribution in [3.8, 4) is 11.5 Å². The lowest BCUT2D eigenvalue weighted by Crippen LogP contribution is -2.29. The van der Waals surface area contributed by atoms with Crippen molar-refractivity contribution in [3.05, 3.63) is 79.2 Å². The van der Waals surface area contributed by atoms with Crippen LogP contribution in [0.25, 0.3) is 22.6 Å². The Balaban J connectivity index is 1.79. The van der Waals surface area contributed by atoms with Crippen molar-refractivity contribution in [1.82, 2.24) is 19.5 Å². The quantitative estimate of drug-likeness (QED) is 0.541. The van der Waals surface area contributed by atoms with Crippen molar-refractivity contribution in [3.63, 3.8) is 0 Å². The third kappa shape index (κ3) is 3.55. The fourth-order valence-corrected chi connectivity index (χ4v) is 3.51. The van der Waals surface area contributed by atoms with Crippen LogP contribution in [-0.2, 0) is 13.0 Å². The van der Waals surface area contributed by atoms with E-state index in [9.17, 15) is 14.0 Å². The molecule has 148 valence electrons. The van der Waals surface area contributed by atoms with Crippen molar-refractivity contribution in [2.75, 3.05) is 0 Å². The van der Waals surface area contributed by atoms with Crippen LogP contribution in [0.1, 0.15) is 28.7 Å². The van der Waals surface area contributed by atoms with Gasteiger partial charge in [-0.1, -0.05) is 12.1 Å². The number of nitrogens with zero attached hydrogens (tertiary/aromatic N) is 3. The minimum atomic E-state index is -0.693. The Bertz CT molecular complexity index is 1320. The molecule has 2 aliphatic heterocycles. The number of hydrogen-bond donors (Lipinski definition) is 1. The Morgan fingerprint density at radius 1 is 1.00 bits per heavy atom. The first-order valence-electron chi connectivity index (χ1n) is 9.50. The minimum absolute atomic E-state index is 0.140. The van der Waals surface area contributed by atoms with E-state index in [0.717, 1.165) is 22.2 Å². The third-order valence-corrected chi connectivity index (χ3v) is 5.31. The van der Waals surface area contributed by atoms with Gasteiger partial charge in [0.1, 0.15) is 5.82 Å². The molecule has 7 heteroatoms. The van der Waals surface area contributed by atoms with Crippen LogP contribution in [0, 0.1) is 26.6 Å². The second-order valence-electron chi connectivity index (χ2n) is 7.42. The SMILES string of the molecule is Cc1cc2nc3c(=O)[nH]c(=O)nc-3n(CCCc3ccc(C)c(F)c3)c2cc1C. The normalized spacial score (nSPS) is 11.4. The molecule has 1 N–H and O–H groups in total. The smallest absolute Gasteiger partial charge is 0.322 e. The molecule has 0 amide bonds. The molecule has 0 aliphatic carbocycles. The van der Waals surface area contributed by atoms with Gasteiger partial charge in [0, 0.05) is 6.54 Å². The Labute approximate surface area is 166 Å². The fraction of sp³-hybridized carbons (Fsp3) is 0.273. The average Bonchev–Trinajstić information content (AvgIpc) is 2.66. The highest BCUT2D eigenvalue weighted by Crippen LogP contribution is 2.24. The number of aromatic amines is 1. The number of aryl methyl sites for hydroxylation is 5. The predicted molar refractivity (Wildman–Crippen MR) is 110 cm³/mol. The Hall–Kier alpha value is -3.35. The number of H-pyrrole nitrogens is 1. The maximum atomic E-state index is 13.8. The zero-order valence-corrected chi connectivity index (χ0v) is 16.5. The van der Waals surface area contributed by atoms with Gasteiger partial charge in [-0.15, -0.1) is 0 Å². The molecule has 4 rings (SSSR count). The van der Waals surface area contributed by atoms with E-state index in [4.69, 9.17) is 0 Å². The van der Waals surface area contributed by atoms with Gasteiger partial charge in [-0.2, -0.15) is 4.98 Å². The molecule has 0 saturated heterocycles. The summed E-state index contributed by atoms with van der Waals surface area (Å²) in [5.41, 5.74) is 4.06. The predicted octanol–water partition coefficient (Wildman–Crippen LogP) is 3.28. The summed E-state index contributed by atoms with van der Waals surface area (Å²) in [5, 5.41) is 0. The van der Waals surface area contributed by atoms with E-state index in [1.54, 1.807) is 19.1 Å². The fourth-order valence-electron chi connectivity index (χ4n) is 3.51. The molecule has 0 unspecified atom stereocenters. The molecular weight excluding hydrogens is 371 g/mol. The van der Waals surface area contributed by atoms with E-state index in [1.165, 1.54) is 0 Å². The highest BCUT2D eigenvalue weighted by atomic mass is 19.1. The van der Waals surface area contributed by atoms with Gasteiger partial charge in [0.15, 0.2) is 11.5 Å². The zero-order valence-electron chi connectivity index (χ0n) is 16.5. The van der Waals surface area contributed by atoms with Crippen LogP contribution in [0.2, 0.25) is 0 Å². The van der Waals surface area contributed by atoms with Gasteiger partial charge in [0.2, 0.25) is 0 Å². The van der Waals surface area contributed by atoms with Crippen molar-refractivity contribution in [2.45, 2.75) is 40.2 Å². The second kappa shape index (κ2) is 7.24. The monoisotopic (exact) mass is 392 g/mol. The number of aromatic nitrogens is 4. The van der Waals surface area contributed by atoms with Crippen LogP contribution in [-0.4, -0.2) is 19.5 Å². The highest BCUT2D eigenvalue weighted by Gasteiger charge is 2.19. The lowest BCUT2D eigenvalue weighted by atomic mass is 10.1. The number of hydrogen-bond acceptors (Lipinski definition) is 4. The summed E-state index contributed by atoms with van der Waals surface area (Å²) in [7, 11) is 0. The van der Waals surface area contributed by atoms with E-state index < -0.39 is 11.2 Å². The number of rotatable bonds is 4. The van der Waals surface area contributed by atoms with Crippen molar-refractivity contribution < 1.29 is 4.39 Å². The lowest BCUT2D eigenvalue weighted by Gasteiger charge is -2.17. The van der Waals surface area contributed by atoms with Gasteiger partial charge < -0.3 is 4.57 Å². The third-order valence-electron chi connectivity index (χ3n) is 5.31. The zero-order chi connectivity index (χ0) is 20.7. The highest BCUT2D eigenvalue weighted by molar-refractivity contribution is 5.81. The minimum Gasteiger partial charge on any atom is -0.322 e. The van der Waals surface area contributed by atoms with E-state index in [1.807, 2.05) is 36.6 Å². The summed E-state index contributed by atoms with van der Waals surface area (Å²) >= 11 is 0. The average molecular weight is 392 g/mol. The number of fused-ring (bicyclic) bond motifs is 2. The molecule has 2 aliphatic rings. The molecule has 0 bridgehead atoms. The molecule has 2 heterocycles. The Morgan fingerprint density at radius 2 is 1.76 bits per heavy atom. The Morgan fingerprint density at radius 3 is 2.52 bits per heavy atom. The Kier molecular flexibility index (Phi) is 4.74. The summed E-state index contributed by atoms with van der Waals surface area (Å²) in [6.45, 7) is 6.24. The van der Waals surface area contributed by atoms with Gasteiger partial charge in [-0.3, -0.25) is 9.78 Å². The van der Waals surface area contributed by atoms with Crippen LogP contribution in [0.15, 0.2) is 39.9 Å². The summed E-state index contributed by atoms with van der Waals surface area (Å²) in [6, 6.07) is 9.16. The molecule has 0 radical (unpaired) electrons. The number of nitrogens with one attached hydrogen (secondary N) is 1. The summed E-state index contributed by atoms with van der Waals surface area (Å²) in [5.74, 6) is 0.0508. The molecule has 0 aromatic heterocycles. The standard InChI is InChI=1S/C22H21FN4O2/c1-12-6-7-15(11-16(12)23)5-4-8-27-18-10-14(3)13(2)9-17(18)24-19-20(27)25-22(29)26-21(19)28/h6-7,9-11H,4-5,8H2,1-3H3,(H,26,28,29). The second-order valence-corrected chi connectivity index (χ2v) is 7.42. The topological polar surface area (TPSA) is 80.6 Å². The first-order valence-corrected chi connectivity index (χ1v) is 9.50. The van der Waals surface area contributed by atoms with E-state index >= 15 is 0 Å². The van der Waals surface area contributed by atoms with Crippen LogP contribution in [0.4, 0.5) is 4.39 Å². The van der Waals surface area contributed by atoms with Crippen molar-refractivity contribution in [2.24, 2.45) is 0 Å². The van der Waals surface area contributed by atoms with Gasteiger partial charge in [0.05, 0.1) is 11.0 Å². The molecule has 6 nitrogen and oxygen atoms in total. The maximum Gasteiger partial charge on any atom is 0.349 e. The van der Waals surface area contributed by atoms with Gasteiger partial charge in [0.25, 0.3) is 5.56 Å². The van der Waals surface area contributed by atoms with E-state index in [-0.39, 0.29) is 17.3 Å². The molecule has 29 heavy (non-hydrogen) atoms. The van der Waals surface area contributed by atoms with Crippen molar-refractivity contribution >= 4 is 11.0 Å². The van der Waals surface area contributed by atoms with Crippen molar-refractivity contribution in [1.29, 1.82) is 0 Å². The lowest BCUT2D eigenvalue weighted by molar-refractivity contribution is 0.610.